The third kappa shape index (κ3) is 1.41. The molecule has 0 aromatic carbocycles. The number of carbonyl (C=O) groups excluding carboxylic acids is 1. The molecule has 86 valence electrons. The van der Waals surface area contributed by atoms with Gasteiger partial charge in [0, 0.05) is 12.3 Å². The van der Waals surface area contributed by atoms with E-state index in [9.17, 15) is 4.79 Å². The van der Waals surface area contributed by atoms with Crippen molar-refractivity contribution < 1.29 is 4.79 Å². The molecule has 4 aliphatic rings. The number of hydrogen-bond donors (Lipinski definition) is 0. The second kappa shape index (κ2) is 3.87. The molecule has 0 radical (unpaired) electrons. The van der Waals surface area contributed by atoms with E-state index in [4.69, 9.17) is 0 Å². The van der Waals surface area contributed by atoms with Crippen molar-refractivity contribution in [3.05, 3.63) is 23.8 Å². The lowest BCUT2D eigenvalue weighted by atomic mass is 9.59. The van der Waals surface area contributed by atoms with E-state index in [0.29, 0.717) is 17.6 Å². The Balaban J connectivity index is 1.99. The van der Waals surface area contributed by atoms with Gasteiger partial charge in [0.05, 0.1) is 0 Å². The lowest BCUT2D eigenvalue weighted by Crippen LogP contribution is -2.38. The summed E-state index contributed by atoms with van der Waals surface area (Å²) in [6.45, 7) is 3.88. The molecule has 0 N–H and O–H groups in total. The number of rotatable bonds is 2. The van der Waals surface area contributed by atoms with Crippen LogP contribution in [0.3, 0.4) is 0 Å². The molecule has 0 amide bonds. The van der Waals surface area contributed by atoms with E-state index in [1.807, 2.05) is 0 Å². The third-order valence-electron chi connectivity index (χ3n) is 4.76. The minimum absolute atomic E-state index is 0.326. The van der Waals surface area contributed by atoms with Gasteiger partial charge in [0.2, 0.25) is 0 Å². The zero-order valence-electron chi connectivity index (χ0n) is 9.87. The molecular weight excluding hydrogens is 196 g/mol. The Hall–Kier alpha value is -0.850. The van der Waals surface area contributed by atoms with Gasteiger partial charge >= 0.3 is 0 Å². The highest BCUT2D eigenvalue weighted by molar-refractivity contribution is 5.87. The van der Waals surface area contributed by atoms with Gasteiger partial charge in [0.25, 0.3) is 0 Å². The van der Waals surface area contributed by atoms with E-state index in [-0.39, 0.29) is 0 Å². The first kappa shape index (κ1) is 10.3. The molecule has 1 saturated carbocycles. The van der Waals surface area contributed by atoms with Crippen LogP contribution in [0.2, 0.25) is 0 Å². The fourth-order valence-corrected chi connectivity index (χ4v) is 4.17. The normalized spacial score (nSPS) is 37.5. The second-order valence-corrected chi connectivity index (χ2v) is 5.59. The van der Waals surface area contributed by atoms with Gasteiger partial charge in [-0.25, -0.2) is 0 Å². The van der Waals surface area contributed by atoms with E-state index in [1.165, 1.54) is 25.7 Å². The van der Waals surface area contributed by atoms with Crippen molar-refractivity contribution in [3.8, 4) is 0 Å². The second-order valence-electron chi connectivity index (χ2n) is 5.59. The Kier molecular flexibility index (Phi) is 2.49. The number of allylic oxidation sites excluding steroid dienone is 3. The van der Waals surface area contributed by atoms with E-state index < -0.39 is 0 Å². The van der Waals surface area contributed by atoms with Crippen molar-refractivity contribution in [1.29, 1.82) is 0 Å². The van der Waals surface area contributed by atoms with Crippen molar-refractivity contribution in [2.24, 2.45) is 17.8 Å². The molecule has 0 heterocycles. The summed E-state index contributed by atoms with van der Waals surface area (Å²) >= 11 is 0. The topological polar surface area (TPSA) is 17.1 Å². The number of hydrogen-bond acceptors (Lipinski definition) is 1. The molecule has 1 fully saturated rings. The van der Waals surface area contributed by atoms with Crippen LogP contribution in [0.5, 0.6) is 0 Å². The van der Waals surface area contributed by atoms with Crippen LogP contribution in [0.1, 0.15) is 44.9 Å². The van der Waals surface area contributed by atoms with Gasteiger partial charge in [0.1, 0.15) is 5.78 Å². The minimum Gasteiger partial charge on any atom is -0.299 e. The summed E-state index contributed by atoms with van der Waals surface area (Å²) < 4.78 is 0. The zero-order valence-corrected chi connectivity index (χ0v) is 9.87. The Labute approximate surface area is 97.6 Å². The summed E-state index contributed by atoms with van der Waals surface area (Å²) in [7, 11) is 0. The van der Waals surface area contributed by atoms with Crippen LogP contribution >= 0.6 is 0 Å². The SMILES string of the molecule is C=CCC1CCCC2=C1C1CCC2C(=O)C1. The lowest BCUT2D eigenvalue weighted by molar-refractivity contribution is -0.125. The fraction of sp³-hybridized carbons (Fsp3) is 0.667. The Bertz CT molecular complexity index is 364. The van der Waals surface area contributed by atoms with Gasteiger partial charge in [0.15, 0.2) is 0 Å². The molecule has 4 rings (SSSR count). The molecule has 0 aromatic heterocycles. The van der Waals surface area contributed by atoms with Gasteiger partial charge in [-0.1, -0.05) is 17.2 Å². The summed E-state index contributed by atoms with van der Waals surface area (Å²) in [6, 6.07) is 0. The fourth-order valence-electron chi connectivity index (χ4n) is 4.17. The van der Waals surface area contributed by atoms with E-state index in [1.54, 1.807) is 11.1 Å². The molecule has 16 heavy (non-hydrogen) atoms. The molecule has 0 aromatic rings. The first-order chi connectivity index (χ1) is 7.81. The van der Waals surface area contributed by atoms with Crippen LogP contribution in [0, 0.1) is 17.8 Å². The number of ketones is 1. The molecule has 0 aliphatic heterocycles. The smallest absolute Gasteiger partial charge is 0.140 e. The maximum absolute atomic E-state index is 11.9. The van der Waals surface area contributed by atoms with Crippen molar-refractivity contribution in [2.45, 2.75) is 44.9 Å². The third-order valence-corrected chi connectivity index (χ3v) is 4.76. The molecule has 0 saturated heterocycles. The largest absolute Gasteiger partial charge is 0.299 e. The maximum Gasteiger partial charge on any atom is 0.140 e. The summed E-state index contributed by atoms with van der Waals surface area (Å²) in [4.78, 5) is 11.9. The number of fused-ring (bicyclic) bond motifs is 2. The van der Waals surface area contributed by atoms with Crippen molar-refractivity contribution >= 4 is 5.78 Å². The molecule has 3 atom stereocenters. The van der Waals surface area contributed by atoms with Crippen LogP contribution < -0.4 is 0 Å². The van der Waals surface area contributed by atoms with Crippen LogP contribution in [0.4, 0.5) is 0 Å². The highest BCUT2D eigenvalue weighted by atomic mass is 16.1. The monoisotopic (exact) mass is 216 g/mol. The van der Waals surface area contributed by atoms with Crippen molar-refractivity contribution in [2.75, 3.05) is 0 Å². The molecule has 4 aliphatic carbocycles. The Morgan fingerprint density at radius 2 is 2.19 bits per heavy atom. The highest BCUT2D eigenvalue weighted by Crippen LogP contribution is 2.51. The lowest BCUT2D eigenvalue weighted by Gasteiger charge is -2.44. The molecule has 1 heteroatoms. The van der Waals surface area contributed by atoms with Gasteiger partial charge in [-0.3, -0.25) is 4.79 Å². The van der Waals surface area contributed by atoms with E-state index in [0.717, 1.165) is 25.2 Å². The Morgan fingerprint density at radius 1 is 1.31 bits per heavy atom. The van der Waals surface area contributed by atoms with E-state index >= 15 is 0 Å². The van der Waals surface area contributed by atoms with Gasteiger partial charge in [-0.2, -0.15) is 0 Å². The highest BCUT2D eigenvalue weighted by Gasteiger charge is 2.43. The predicted molar refractivity (Wildman–Crippen MR) is 65.0 cm³/mol. The molecule has 1 nitrogen and oxygen atoms in total. The average molecular weight is 216 g/mol. The first-order valence-electron chi connectivity index (χ1n) is 6.67. The standard InChI is InChI=1S/C15H20O/c1-2-4-10-5-3-6-13-12-8-7-11(15(10)13)9-14(12)16/h2,10-12H,1,3-9H2. The van der Waals surface area contributed by atoms with Gasteiger partial charge in [-0.15, -0.1) is 6.58 Å². The summed E-state index contributed by atoms with van der Waals surface area (Å²) in [5, 5.41) is 0. The summed E-state index contributed by atoms with van der Waals surface area (Å²) in [5.74, 6) is 2.20. The molecular formula is C15H20O. The van der Waals surface area contributed by atoms with E-state index in [2.05, 4.69) is 12.7 Å². The van der Waals surface area contributed by atoms with Gasteiger partial charge in [-0.05, 0) is 50.4 Å². The number of carbonyl (C=O) groups is 1. The van der Waals surface area contributed by atoms with Crippen molar-refractivity contribution in [3.63, 3.8) is 0 Å². The van der Waals surface area contributed by atoms with Gasteiger partial charge < -0.3 is 0 Å². The van der Waals surface area contributed by atoms with Crippen LogP contribution in [-0.2, 0) is 4.79 Å². The minimum atomic E-state index is 0.326. The zero-order chi connectivity index (χ0) is 11.1. The Morgan fingerprint density at radius 3 is 2.94 bits per heavy atom. The summed E-state index contributed by atoms with van der Waals surface area (Å²) in [5.41, 5.74) is 3.26. The quantitative estimate of drug-likeness (QED) is 0.644. The average Bonchev–Trinajstić information content (AvgIpc) is 2.30. The van der Waals surface area contributed by atoms with Crippen molar-refractivity contribution in [1.82, 2.24) is 0 Å². The van der Waals surface area contributed by atoms with Crippen LogP contribution in [0.15, 0.2) is 23.8 Å². The summed E-state index contributed by atoms with van der Waals surface area (Å²) in [6.07, 6.45) is 10.2. The predicted octanol–water partition coefficient (Wildman–Crippen LogP) is 3.66. The maximum atomic E-state index is 11.9. The first-order valence-corrected chi connectivity index (χ1v) is 6.67. The number of Topliss-reactive ketones (excluding diaryl/α,β-unsaturated/α-hetero) is 1. The van der Waals surface area contributed by atoms with Crippen LogP contribution in [-0.4, -0.2) is 5.78 Å². The molecule has 2 bridgehead atoms. The molecule has 0 spiro atoms. The molecule has 3 unspecified atom stereocenters. The van der Waals surface area contributed by atoms with Crippen LogP contribution in [0.25, 0.3) is 0 Å².